The Balaban J connectivity index is 1.01. The molecule has 2 atom stereocenters. The van der Waals surface area contributed by atoms with E-state index in [0.29, 0.717) is 63.7 Å². The summed E-state index contributed by atoms with van der Waals surface area (Å²) in [5.41, 5.74) is 8.28. The van der Waals surface area contributed by atoms with Crippen LogP contribution < -0.4 is 37.9 Å². The smallest absolute Gasteiger partial charge is 0.338 e. The first-order valence-electron chi connectivity index (χ1n) is 27.1. The van der Waals surface area contributed by atoms with Crippen molar-refractivity contribution in [3.8, 4) is 46.0 Å². The SMILES string of the molecule is O=C(OC1Cc2c(OCc3ccccc3)cc(OCc3ccccc3)cc2OC1c1cc(OCc2ccccc2)c(OCc2ccccc2)c(OCc2ccccc2)c1)c1cc(OCc2ccccc2)cc(OCc2ccccc2)c1. The lowest BCUT2D eigenvalue weighted by Gasteiger charge is -2.35. The van der Waals surface area contributed by atoms with Gasteiger partial charge in [0.2, 0.25) is 5.75 Å². The molecule has 0 saturated carbocycles. The predicted octanol–water partition coefficient (Wildman–Crippen LogP) is 15.6. The second-order valence-corrected chi connectivity index (χ2v) is 19.5. The van der Waals surface area contributed by atoms with E-state index in [4.69, 9.17) is 42.6 Å². The molecule has 1 heterocycles. The molecule has 0 bridgehead atoms. The molecule has 2 unspecified atom stereocenters. The van der Waals surface area contributed by atoms with E-state index in [0.717, 1.165) is 38.9 Å². The lowest BCUT2D eigenvalue weighted by molar-refractivity contribution is -0.0191. The van der Waals surface area contributed by atoms with Gasteiger partial charge in [-0.2, -0.15) is 0 Å². The second kappa shape index (κ2) is 26.6. The van der Waals surface area contributed by atoms with E-state index < -0.39 is 18.2 Å². The van der Waals surface area contributed by atoms with Crippen LogP contribution in [0.3, 0.4) is 0 Å². The number of ether oxygens (including phenoxy) is 9. The first kappa shape index (κ1) is 53.1. The maximum atomic E-state index is 15.1. The van der Waals surface area contributed by atoms with Crippen molar-refractivity contribution in [2.75, 3.05) is 0 Å². The number of hydrogen-bond donors (Lipinski definition) is 0. The average molecular weight is 1070 g/mol. The Morgan fingerprint density at radius 2 is 0.691 bits per heavy atom. The van der Waals surface area contributed by atoms with E-state index in [2.05, 4.69) is 0 Å². The summed E-state index contributed by atoms with van der Waals surface area (Å²) in [5, 5.41) is 0. The highest BCUT2D eigenvalue weighted by molar-refractivity contribution is 5.90. The Morgan fingerprint density at radius 1 is 0.358 bits per heavy atom. The van der Waals surface area contributed by atoms with Gasteiger partial charge in [0, 0.05) is 35.7 Å². The standard InChI is InChI=1S/C71H60O10/c72-71(59-36-60(73-44-51-22-8-1-9-23-51)40-61(37-59)74-45-52-24-10-2-11-25-52)81-68-43-63-64(76-47-54-28-14-4-15-29-54)41-62(75-46-53-26-12-3-13-27-53)42-65(63)80-69(68)58-38-66(77-48-55-30-16-5-17-31-55)70(79-50-57-34-20-7-21-35-57)67(39-58)78-49-56-32-18-6-19-33-56/h1-42,68-69H,43-50H2. The highest BCUT2D eigenvalue weighted by atomic mass is 16.6. The van der Waals surface area contributed by atoms with Gasteiger partial charge in [0.1, 0.15) is 81.1 Å². The van der Waals surface area contributed by atoms with Crippen molar-refractivity contribution in [3.63, 3.8) is 0 Å². The molecule has 404 valence electrons. The molecule has 0 amide bonds. The summed E-state index contributed by atoms with van der Waals surface area (Å²) in [7, 11) is 0. The van der Waals surface area contributed by atoms with Crippen LogP contribution >= 0.6 is 0 Å². The van der Waals surface area contributed by atoms with E-state index in [-0.39, 0.29) is 51.6 Å². The topological polar surface area (TPSA) is 100 Å². The molecule has 0 aromatic heterocycles. The summed E-state index contributed by atoms with van der Waals surface area (Å²) in [5.74, 6) is 3.03. The first-order chi connectivity index (χ1) is 40.0. The van der Waals surface area contributed by atoms with Gasteiger partial charge in [-0.15, -0.1) is 0 Å². The minimum absolute atomic E-state index is 0.184. The summed E-state index contributed by atoms with van der Waals surface area (Å²) in [6.07, 6.45) is -1.72. The molecule has 81 heavy (non-hydrogen) atoms. The Hall–Kier alpha value is -9.93. The zero-order valence-corrected chi connectivity index (χ0v) is 44.6. The van der Waals surface area contributed by atoms with Crippen LogP contribution in [-0.2, 0) is 57.4 Å². The third-order valence-corrected chi connectivity index (χ3v) is 13.6. The van der Waals surface area contributed by atoms with Gasteiger partial charge in [-0.1, -0.05) is 212 Å². The molecule has 10 heteroatoms. The maximum absolute atomic E-state index is 15.1. The third kappa shape index (κ3) is 14.6. The first-order valence-corrected chi connectivity index (χ1v) is 27.1. The predicted molar refractivity (Wildman–Crippen MR) is 311 cm³/mol. The Kier molecular flexibility index (Phi) is 17.4. The number of carbonyl (C=O) groups is 1. The quantitative estimate of drug-likeness (QED) is 0.0544. The molecule has 0 aliphatic carbocycles. The number of carbonyl (C=O) groups excluding carboxylic acids is 1. The van der Waals surface area contributed by atoms with E-state index >= 15 is 4.79 Å². The number of rotatable bonds is 24. The Bertz CT molecular complexity index is 3460. The van der Waals surface area contributed by atoms with Crippen molar-refractivity contribution in [2.45, 2.75) is 64.9 Å². The van der Waals surface area contributed by atoms with Crippen LogP contribution in [0.25, 0.3) is 0 Å². The van der Waals surface area contributed by atoms with Crippen molar-refractivity contribution >= 4 is 5.97 Å². The van der Waals surface area contributed by atoms with Gasteiger partial charge >= 0.3 is 5.97 Å². The zero-order chi connectivity index (χ0) is 54.8. The Labute approximate surface area is 472 Å². The highest BCUT2D eigenvalue weighted by Gasteiger charge is 2.38. The van der Waals surface area contributed by atoms with E-state index in [1.807, 2.05) is 237 Å². The number of fused-ring (bicyclic) bond motifs is 1. The van der Waals surface area contributed by atoms with Gasteiger partial charge in [-0.25, -0.2) is 4.79 Å². The molecule has 1 aliphatic heterocycles. The summed E-state index contributed by atoms with van der Waals surface area (Å²) in [6, 6.07) is 82.1. The normalized spacial score (nSPS) is 13.4. The maximum Gasteiger partial charge on any atom is 0.338 e. The van der Waals surface area contributed by atoms with E-state index in [1.165, 1.54) is 0 Å². The van der Waals surface area contributed by atoms with Crippen LogP contribution in [0.4, 0.5) is 0 Å². The van der Waals surface area contributed by atoms with Crippen LogP contribution in [-0.4, -0.2) is 12.1 Å². The van der Waals surface area contributed by atoms with Gasteiger partial charge in [-0.05, 0) is 63.2 Å². The number of benzene rings is 10. The summed E-state index contributed by atoms with van der Waals surface area (Å²) < 4.78 is 60.2. The van der Waals surface area contributed by atoms with Crippen molar-refractivity contribution < 1.29 is 47.4 Å². The van der Waals surface area contributed by atoms with Crippen LogP contribution in [0.2, 0.25) is 0 Å². The molecule has 11 rings (SSSR count). The molecule has 10 aromatic carbocycles. The van der Waals surface area contributed by atoms with Crippen molar-refractivity contribution in [1.29, 1.82) is 0 Å². The van der Waals surface area contributed by atoms with Gasteiger partial charge in [0.15, 0.2) is 17.6 Å². The summed E-state index contributed by atoms with van der Waals surface area (Å²) in [4.78, 5) is 15.1. The average Bonchev–Trinajstić information content (AvgIpc) is 3.71. The molecular formula is C71H60O10. The largest absolute Gasteiger partial charge is 0.489 e. The molecule has 0 fully saturated rings. The minimum Gasteiger partial charge on any atom is -0.489 e. The molecule has 0 radical (unpaired) electrons. The molecular weight excluding hydrogens is 1010 g/mol. The second-order valence-electron chi connectivity index (χ2n) is 19.5. The lowest BCUT2D eigenvalue weighted by Crippen LogP contribution is -2.35. The molecule has 0 spiro atoms. The van der Waals surface area contributed by atoms with Crippen LogP contribution in [0.15, 0.2) is 255 Å². The van der Waals surface area contributed by atoms with E-state index in [9.17, 15) is 0 Å². The van der Waals surface area contributed by atoms with E-state index in [1.54, 1.807) is 18.2 Å². The molecule has 10 aromatic rings. The minimum atomic E-state index is -0.956. The third-order valence-electron chi connectivity index (χ3n) is 13.6. The number of esters is 1. The molecule has 1 aliphatic rings. The molecule has 0 N–H and O–H groups in total. The summed E-state index contributed by atoms with van der Waals surface area (Å²) in [6.45, 7) is 1.78. The molecule has 0 saturated heterocycles. The molecule has 10 nitrogen and oxygen atoms in total. The zero-order valence-electron chi connectivity index (χ0n) is 44.6. The Morgan fingerprint density at radius 3 is 1.07 bits per heavy atom. The van der Waals surface area contributed by atoms with Gasteiger partial charge in [0.05, 0.1) is 5.56 Å². The van der Waals surface area contributed by atoms with Gasteiger partial charge in [-0.3, -0.25) is 0 Å². The fourth-order valence-electron chi connectivity index (χ4n) is 9.36. The van der Waals surface area contributed by atoms with Crippen LogP contribution in [0, 0.1) is 0 Å². The summed E-state index contributed by atoms with van der Waals surface area (Å²) >= 11 is 0. The van der Waals surface area contributed by atoms with Crippen molar-refractivity contribution in [3.05, 3.63) is 310 Å². The lowest BCUT2D eigenvalue weighted by atomic mass is 9.93. The fourth-order valence-corrected chi connectivity index (χ4v) is 9.36. The van der Waals surface area contributed by atoms with Gasteiger partial charge in [0.25, 0.3) is 0 Å². The fraction of sp³-hybridized carbons (Fsp3) is 0.141. The highest BCUT2D eigenvalue weighted by Crippen LogP contribution is 2.48. The van der Waals surface area contributed by atoms with Crippen LogP contribution in [0.1, 0.15) is 66.5 Å². The monoisotopic (exact) mass is 1070 g/mol. The number of hydrogen-bond acceptors (Lipinski definition) is 10. The van der Waals surface area contributed by atoms with Crippen molar-refractivity contribution in [1.82, 2.24) is 0 Å². The van der Waals surface area contributed by atoms with Crippen LogP contribution in [0.5, 0.6) is 46.0 Å². The van der Waals surface area contributed by atoms with Crippen molar-refractivity contribution in [2.24, 2.45) is 0 Å². The van der Waals surface area contributed by atoms with Gasteiger partial charge < -0.3 is 42.6 Å².